The highest BCUT2D eigenvalue weighted by Crippen LogP contribution is 2.52. The van der Waals surface area contributed by atoms with Crippen molar-refractivity contribution in [2.24, 2.45) is 0 Å². The molecule has 0 unspecified atom stereocenters. The van der Waals surface area contributed by atoms with Crippen LogP contribution in [-0.2, 0) is 5.41 Å². The van der Waals surface area contributed by atoms with E-state index in [9.17, 15) is 0 Å². The molecule has 0 fully saturated rings. The van der Waals surface area contributed by atoms with Gasteiger partial charge in [-0.25, -0.2) is 9.97 Å². The fourth-order valence-corrected chi connectivity index (χ4v) is 11.1. The standard InChI is InChI=1S/C45H28N6S4/c1-45(2)33-23-37-35(46-39(52-37)27-13-17-29(18-14-27)43-50-48-41(54-43)25-9-5-3-6-10-25)21-31(33)32-22-36-38(24-34(32)45)53-40(47-36)28-15-19-30(20-16-28)44-51-49-42(55-44)26-11-7-4-8-12-26/h3-24H,1-2H3. The molecule has 0 aliphatic heterocycles. The van der Waals surface area contributed by atoms with Gasteiger partial charge in [0.25, 0.3) is 0 Å². The molecule has 1 aliphatic rings. The Hall–Kier alpha value is -5.78. The number of aromatic nitrogens is 6. The maximum atomic E-state index is 5.15. The highest BCUT2D eigenvalue weighted by atomic mass is 32.1. The number of nitrogens with zero attached hydrogens (tertiary/aromatic N) is 6. The van der Waals surface area contributed by atoms with Crippen molar-refractivity contribution >= 4 is 65.8 Å². The fraction of sp³-hybridized carbons (Fsp3) is 0.0667. The molecule has 0 bridgehead atoms. The zero-order valence-corrected chi connectivity index (χ0v) is 32.8. The van der Waals surface area contributed by atoms with Gasteiger partial charge in [0.1, 0.15) is 30.0 Å². The summed E-state index contributed by atoms with van der Waals surface area (Å²) in [6, 6.07) is 46.8. The topological polar surface area (TPSA) is 77.3 Å². The number of hydrogen-bond acceptors (Lipinski definition) is 10. The van der Waals surface area contributed by atoms with Crippen LogP contribution < -0.4 is 0 Å². The minimum absolute atomic E-state index is 0.147. The molecule has 4 heterocycles. The van der Waals surface area contributed by atoms with Crippen molar-refractivity contribution < 1.29 is 0 Å². The van der Waals surface area contributed by atoms with E-state index in [1.807, 2.05) is 36.4 Å². The summed E-state index contributed by atoms with van der Waals surface area (Å²) < 4.78 is 2.40. The molecule has 6 nitrogen and oxygen atoms in total. The van der Waals surface area contributed by atoms with Gasteiger partial charge in [0.2, 0.25) is 0 Å². The first-order valence-corrected chi connectivity index (χ1v) is 21.1. The van der Waals surface area contributed by atoms with E-state index in [0.29, 0.717) is 0 Å². The fourth-order valence-electron chi connectivity index (χ4n) is 7.40. The lowest BCUT2D eigenvalue weighted by molar-refractivity contribution is 0.662. The normalized spacial score (nSPS) is 13.1. The third-order valence-electron chi connectivity index (χ3n) is 10.3. The van der Waals surface area contributed by atoms with Crippen LogP contribution >= 0.6 is 45.3 Å². The molecule has 10 aromatic rings. The third-order valence-corrected chi connectivity index (χ3v) is 14.5. The highest BCUT2D eigenvalue weighted by Gasteiger charge is 2.37. The molecule has 0 amide bonds. The molecule has 4 aromatic heterocycles. The molecular weight excluding hydrogens is 753 g/mol. The van der Waals surface area contributed by atoms with E-state index in [1.54, 1.807) is 45.3 Å². The van der Waals surface area contributed by atoms with E-state index in [4.69, 9.17) is 9.97 Å². The summed E-state index contributed by atoms with van der Waals surface area (Å²) in [4.78, 5) is 10.3. The van der Waals surface area contributed by atoms with E-state index < -0.39 is 0 Å². The summed E-state index contributed by atoms with van der Waals surface area (Å²) in [6.45, 7) is 4.67. The van der Waals surface area contributed by atoms with E-state index in [2.05, 4.69) is 131 Å². The van der Waals surface area contributed by atoms with Crippen LogP contribution in [-0.4, -0.2) is 30.4 Å². The van der Waals surface area contributed by atoms with Gasteiger partial charge in [-0.1, -0.05) is 146 Å². The Balaban J connectivity index is 0.878. The molecule has 55 heavy (non-hydrogen) atoms. The first-order valence-electron chi connectivity index (χ1n) is 17.8. The van der Waals surface area contributed by atoms with Gasteiger partial charge >= 0.3 is 0 Å². The van der Waals surface area contributed by atoms with E-state index >= 15 is 0 Å². The van der Waals surface area contributed by atoms with Crippen molar-refractivity contribution in [2.45, 2.75) is 19.3 Å². The van der Waals surface area contributed by atoms with E-state index in [1.165, 1.54) is 31.7 Å². The smallest absolute Gasteiger partial charge is 0.148 e. The van der Waals surface area contributed by atoms with Gasteiger partial charge in [-0.3, -0.25) is 0 Å². The molecule has 0 radical (unpaired) electrons. The lowest BCUT2D eigenvalue weighted by Crippen LogP contribution is -2.14. The summed E-state index contributed by atoms with van der Waals surface area (Å²) >= 11 is 6.72. The summed E-state index contributed by atoms with van der Waals surface area (Å²) in [5.74, 6) is 0. The van der Waals surface area contributed by atoms with Crippen molar-refractivity contribution in [2.75, 3.05) is 0 Å². The number of fused-ring (bicyclic) bond motifs is 5. The molecule has 6 aromatic carbocycles. The Kier molecular flexibility index (Phi) is 7.50. The van der Waals surface area contributed by atoms with Crippen LogP contribution in [0.5, 0.6) is 0 Å². The van der Waals surface area contributed by atoms with Crippen LogP contribution in [0.3, 0.4) is 0 Å². The van der Waals surface area contributed by atoms with Crippen molar-refractivity contribution in [1.82, 2.24) is 30.4 Å². The van der Waals surface area contributed by atoms with Gasteiger partial charge in [0, 0.05) is 38.8 Å². The Labute approximate surface area is 332 Å². The third kappa shape index (κ3) is 5.55. The second-order valence-electron chi connectivity index (χ2n) is 14.1. The number of benzene rings is 6. The second kappa shape index (κ2) is 12.6. The predicted octanol–water partition coefficient (Wildman–Crippen LogP) is 12.9. The number of thiazole rings is 2. The van der Waals surface area contributed by atoms with Crippen LogP contribution in [0, 0.1) is 0 Å². The molecule has 262 valence electrons. The van der Waals surface area contributed by atoms with Crippen LogP contribution in [0.2, 0.25) is 0 Å². The van der Waals surface area contributed by atoms with Gasteiger partial charge < -0.3 is 0 Å². The zero-order valence-electron chi connectivity index (χ0n) is 29.5. The Morgan fingerprint density at radius 3 is 1.05 bits per heavy atom. The van der Waals surface area contributed by atoms with Gasteiger partial charge in [-0.2, -0.15) is 0 Å². The first-order chi connectivity index (χ1) is 26.9. The maximum absolute atomic E-state index is 5.15. The van der Waals surface area contributed by atoms with Gasteiger partial charge in [0.15, 0.2) is 0 Å². The van der Waals surface area contributed by atoms with Crippen LogP contribution in [0.1, 0.15) is 25.0 Å². The van der Waals surface area contributed by atoms with Gasteiger partial charge in [-0.05, 0) is 46.5 Å². The molecule has 1 aliphatic carbocycles. The van der Waals surface area contributed by atoms with Crippen LogP contribution in [0.15, 0.2) is 133 Å². The first kappa shape index (κ1) is 32.6. The highest BCUT2D eigenvalue weighted by molar-refractivity contribution is 7.22. The minimum Gasteiger partial charge on any atom is -0.236 e. The molecule has 0 saturated carbocycles. The Morgan fingerprint density at radius 1 is 0.364 bits per heavy atom. The zero-order chi connectivity index (χ0) is 36.7. The van der Waals surface area contributed by atoms with E-state index in [-0.39, 0.29) is 5.41 Å². The monoisotopic (exact) mass is 780 g/mol. The molecular formula is C45H28N6S4. The summed E-state index contributed by atoms with van der Waals surface area (Å²) in [5.41, 5.74) is 13.6. The predicted molar refractivity (Wildman–Crippen MR) is 230 cm³/mol. The molecule has 0 spiro atoms. The van der Waals surface area contributed by atoms with Gasteiger partial charge in [-0.15, -0.1) is 43.1 Å². The SMILES string of the molecule is CC1(C)c2cc3sc(-c4ccc(-c5nnc(-c6ccccc6)s5)cc4)nc3cc2-c2cc3nc(-c4ccc(-c5nnc(-c6ccccc6)s5)cc4)sc3cc21. The molecule has 0 N–H and O–H groups in total. The summed E-state index contributed by atoms with van der Waals surface area (Å²) in [7, 11) is 0. The summed E-state index contributed by atoms with van der Waals surface area (Å²) in [6.07, 6.45) is 0. The molecule has 0 atom stereocenters. The quantitative estimate of drug-likeness (QED) is 0.167. The average molecular weight is 781 g/mol. The van der Waals surface area contributed by atoms with Crippen molar-refractivity contribution in [1.29, 1.82) is 0 Å². The average Bonchev–Trinajstić information content (AvgIpc) is 4.08. The Bertz CT molecular complexity index is 2840. The Morgan fingerprint density at radius 2 is 0.691 bits per heavy atom. The van der Waals surface area contributed by atoms with E-state index in [0.717, 1.165) is 74.5 Å². The lowest BCUT2D eigenvalue weighted by atomic mass is 9.82. The van der Waals surface area contributed by atoms with Crippen LogP contribution in [0.25, 0.3) is 95.0 Å². The van der Waals surface area contributed by atoms with Crippen molar-refractivity contribution in [3.63, 3.8) is 0 Å². The lowest BCUT2D eigenvalue weighted by Gasteiger charge is -2.21. The van der Waals surface area contributed by atoms with Crippen molar-refractivity contribution in [3.8, 4) is 74.6 Å². The molecule has 10 heteroatoms. The molecule has 11 rings (SSSR count). The minimum atomic E-state index is -0.147. The second-order valence-corrected chi connectivity index (χ2v) is 18.1. The van der Waals surface area contributed by atoms with Crippen molar-refractivity contribution in [3.05, 3.63) is 145 Å². The van der Waals surface area contributed by atoms with Gasteiger partial charge in [0.05, 0.1) is 20.4 Å². The van der Waals surface area contributed by atoms with Crippen LogP contribution in [0.4, 0.5) is 0 Å². The molecule has 0 saturated heterocycles. The number of rotatable bonds is 6. The largest absolute Gasteiger partial charge is 0.236 e. The summed E-state index contributed by atoms with van der Waals surface area (Å²) in [5, 5.41) is 23.5. The number of hydrogen-bond donors (Lipinski definition) is 0. The maximum Gasteiger partial charge on any atom is 0.148 e.